The van der Waals surface area contributed by atoms with Crippen LogP contribution in [0, 0.1) is 13.8 Å². The number of anilines is 1. The molecule has 0 spiro atoms. The largest absolute Gasteiger partial charge is 0.488 e. The van der Waals surface area contributed by atoms with Gasteiger partial charge in [-0.2, -0.15) is 0 Å². The first-order valence-electron chi connectivity index (χ1n) is 10.4. The molecular weight excluding hydrogens is 475 g/mol. The van der Waals surface area contributed by atoms with Crippen molar-refractivity contribution in [2.75, 3.05) is 4.90 Å². The minimum absolute atomic E-state index is 0.176. The van der Waals surface area contributed by atoms with Crippen molar-refractivity contribution in [3.8, 4) is 5.75 Å². The fourth-order valence-corrected chi connectivity index (χ4v) is 3.93. The van der Waals surface area contributed by atoms with Crippen molar-refractivity contribution in [1.82, 2.24) is 5.32 Å². The van der Waals surface area contributed by atoms with Gasteiger partial charge < -0.3 is 4.74 Å². The molecule has 4 rings (SSSR count). The molecule has 6 nitrogen and oxygen atoms in total. The molecule has 1 heterocycles. The maximum absolute atomic E-state index is 13.3. The number of rotatable bonds is 5. The molecule has 1 fully saturated rings. The maximum atomic E-state index is 13.3. The quantitative estimate of drug-likeness (QED) is 0.356. The van der Waals surface area contributed by atoms with Crippen molar-refractivity contribution in [1.29, 1.82) is 0 Å². The fourth-order valence-electron chi connectivity index (χ4n) is 3.61. The third kappa shape index (κ3) is 4.83. The van der Waals surface area contributed by atoms with Gasteiger partial charge in [-0.25, -0.2) is 9.69 Å². The Balaban J connectivity index is 1.65. The molecule has 0 atom stereocenters. The first-order chi connectivity index (χ1) is 16.2. The lowest BCUT2D eigenvalue weighted by atomic mass is 10.0. The van der Waals surface area contributed by atoms with E-state index in [2.05, 4.69) is 5.32 Å². The second-order valence-electron chi connectivity index (χ2n) is 7.82. The summed E-state index contributed by atoms with van der Waals surface area (Å²) in [6.45, 7) is 3.91. The van der Waals surface area contributed by atoms with Gasteiger partial charge in [-0.3, -0.25) is 14.9 Å². The molecule has 3 aromatic rings. The smallest absolute Gasteiger partial charge is 0.335 e. The van der Waals surface area contributed by atoms with Crippen LogP contribution < -0.4 is 15.0 Å². The summed E-state index contributed by atoms with van der Waals surface area (Å²) in [7, 11) is 0. The molecule has 0 unspecified atom stereocenters. The number of hydrogen-bond acceptors (Lipinski definition) is 4. The van der Waals surface area contributed by atoms with Crippen LogP contribution in [0.3, 0.4) is 0 Å². The van der Waals surface area contributed by atoms with Crippen LogP contribution >= 0.6 is 23.2 Å². The van der Waals surface area contributed by atoms with Crippen molar-refractivity contribution in [3.63, 3.8) is 0 Å². The standard InChI is InChI=1S/C26H20Cl2N2O4/c1-15-7-10-22(16(2)11-15)30-25(32)19(24(31)29-26(30)33)13-18-5-3-4-6-23(18)34-14-17-8-9-20(27)21(28)12-17/h3-13H,14H2,1-2H3,(H,29,31,33)/b19-13+. The second-order valence-corrected chi connectivity index (χ2v) is 8.64. The molecule has 0 bridgehead atoms. The van der Waals surface area contributed by atoms with Gasteiger partial charge in [0.25, 0.3) is 11.8 Å². The average Bonchev–Trinajstić information content (AvgIpc) is 2.79. The summed E-state index contributed by atoms with van der Waals surface area (Å²) >= 11 is 12.0. The highest BCUT2D eigenvalue weighted by molar-refractivity contribution is 6.42. The molecule has 0 radical (unpaired) electrons. The Morgan fingerprint density at radius 3 is 2.44 bits per heavy atom. The van der Waals surface area contributed by atoms with Crippen LogP contribution in [0.5, 0.6) is 5.75 Å². The van der Waals surface area contributed by atoms with Gasteiger partial charge in [0.05, 0.1) is 15.7 Å². The van der Waals surface area contributed by atoms with E-state index < -0.39 is 17.8 Å². The Hall–Kier alpha value is -3.61. The van der Waals surface area contributed by atoms with Gasteiger partial charge >= 0.3 is 6.03 Å². The van der Waals surface area contributed by atoms with Crippen LogP contribution in [0.2, 0.25) is 10.0 Å². The van der Waals surface area contributed by atoms with Crippen molar-refractivity contribution in [3.05, 3.63) is 98.5 Å². The number of benzene rings is 3. The third-order valence-corrected chi connectivity index (χ3v) is 6.03. The van der Waals surface area contributed by atoms with E-state index in [1.807, 2.05) is 13.0 Å². The van der Waals surface area contributed by atoms with E-state index in [-0.39, 0.29) is 12.2 Å². The van der Waals surface area contributed by atoms with E-state index in [4.69, 9.17) is 27.9 Å². The fraction of sp³-hybridized carbons (Fsp3) is 0.115. The topological polar surface area (TPSA) is 75.7 Å². The number of hydrogen-bond donors (Lipinski definition) is 1. The monoisotopic (exact) mass is 494 g/mol. The highest BCUT2D eigenvalue weighted by atomic mass is 35.5. The number of carbonyl (C=O) groups is 3. The van der Waals surface area contributed by atoms with E-state index in [1.165, 1.54) is 6.08 Å². The number of carbonyl (C=O) groups excluding carboxylic acids is 3. The number of imide groups is 2. The molecule has 1 N–H and O–H groups in total. The number of ether oxygens (including phenoxy) is 1. The lowest BCUT2D eigenvalue weighted by Gasteiger charge is -2.27. The van der Waals surface area contributed by atoms with Crippen molar-refractivity contribution >= 4 is 52.8 Å². The van der Waals surface area contributed by atoms with Gasteiger partial charge in [-0.15, -0.1) is 0 Å². The molecule has 1 aliphatic heterocycles. The summed E-state index contributed by atoms with van der Waals surface area (Å²) < 4.78 is 5.93. The minimum atomic E-state index is -0.789. The zero-order valence-corrected chi connectivity index (χ0v) is 19.9. The summed E-state index contributed by atoms with van der Waals surface area (Å²) in [6, 6.07) is 16.7. The maximum Gasteiger partial charge on any atom is 0.335 e. The first kappa shape index (κ1) is 23.5. The summed E-state index contributed by atoms with van der Waals surface area (Å²) in [6.07, 6.45) is 1.42. The van der Waals surface area contributed by atoms with Crippen molar-refractivity contribution in [2.45, 2.75) is 20.5 Å². The molecule has 0 aliphatic carbocycles. The van der Waals surface area contributed by atoms with Gasteiger partial charge in [0.1, 0.15) is 17.9 Å². The Morgan fingerprint density at radius 1 is 0.941 bits per heavy atom. The van der Waals surface area contributed by atoms with E-state index in [1.54, 1.807) is 61.5 Å². The van der Waals surface area contributed by atoms with Gasteiger partial charge in [-0.05, 0) is 55.3 Å². The Labute approximate surface area is 206 Å². The normalized spacial score (nSPS) is 15.0. The predicted molar refractivity (Wildman–Crippen MR) is 132 cm³/mol. The molecule has 1 saturated heterocycles. The van der Waals surface area contributed by atoms with Gasteiger partial charge in [0, 0.05) is 5.56 Å². The Bertz CT molecular complexity index is 1350. The molecule has 0 saturated carbocycles. The molecule has 8 heteroatoms. The molecule has 3 aromatic carbocycles. The highest BCUT2D eigenvalue weighted by Gasteiger charge is 2.37. The zero-order chi connectivity index (χ0) is 24.4. The van der Waals surface area contributed by atoms with Crippen molar-refractivity contribution in [2.24, 2.45) is 0 Å². The number of para-hydroxylation sites is 1. The minimum Gasteiger partial charge on any atom is -0.488 e. The van der Waals surface area contributed by atoms with Crippen LogP contribution in [-0.2, 0) is 16.2 Å². The zero-order valence-electron chi connectivity index (χ0n) is 18.4. The number of urea groups is 1. The summed E-state index contributed by atoms with van der Waals surface area (Å²) in [5.74, 6) is -1.02. The van der Waals surface area contributed by atoms with E-state index in [9.17, 15) is 14.4 Å². The third-order valence-electron chi connectivity index (χ3n) is 5.29. The Kier molecular flexibility index (Phi) is 6.72. The molecule has 1 aliphatic rings. The number of barbiturate groups is 1. The predicted octanol–water partition coefficient (Wildman–Crippen LogP) is 5.86. The number of amides is 4. The molecule has 34 heavy (non-hydrogen) atoms. The molecular formula is C26H20Cl2N2O4. The van der Waals surface area contributed by atoms with Crippen LogP contribution in [0.25, 0.3) is 6.08 Å². The Morgan fingerprint density at radius 2 is 1.71 bits per heavy atom. The summed E-state index contributed by atoms with van der Waals surface area (Å²) in [5.41, 5.74) is 3.28. The molecule has 172 valence electrons. The molecule has 4 amide bonds. The lowest BCUT2D eigenvalue weighted by molar-refractivity contribution is -0.122. The number of nitrogens with zero attached hydrogens (tertiary/aromatic N) is 1. The van der Waals surface area contributed by atoms with E-state index in [0.29, 0.717) is 27.0 Å². The number of nitrogens with one attached hydrogen (secondary N) is 1. The SMILES string of the molecule is Cc1ccc(N2C(=O)NC(=O)/C(=C\c3ccccc3OCc3ccc(Cl)c(Cl)c3)C2=O)c(C)c1. The van der Waals surface area contributed by atoms with Crippen LogP contribution in [-0.4, -0.2) is 17.8 Å². The van der Waals surface area contributed by atoms with Crippen LogP contribution in [0.4, 0.5) is 10.5 Å². The van der Waals surface area contributed by atoms with Gasteiger partial charge in [0.2, 0.25) is 0 Å². The summed E-state index contributed by atoms with van der Waals surface area (Å²) in [5, 5.41) is 3.11. The van der Waals surface area contributed by atoms with Gasteiger partial charge in [0.15, 0.2) is 0 Å². The number of halogens is 2. The van der Waals surface area contributed by atoms with E-state index >= 15 is 0 Å². The van der Waals surface area contributed by atoms with E-state index in [0.717, 1.165) is 21.6 Å². The number of aryl methyl sites for hydroxylation is 2. The molecule has 0 aromatic heterocycles. The average molecular weight is 495 g/mol. The van der Waals surface area contributed by atoms with Crippen LogP contribution in [0.1, 0.15) is 22.3 Å². The first-order valence-corrected chi connectivity index (χ1v) is 11.1. The van der Waals surface area contributed by atoms with Gasteiger partial charge in [-0.1, -0.05) is 65.2 Å². The second kappa shape index (κ2) is 9.71. The van der Waals surface area contributed by atoms with Crippen molar-refractivity contribution < 1.29 is 19.1 Å². The van der Waals surface area contributed by atoms with Crippen LogP contribution in [0.15, 0.2) is 66.2 Å². The highest BCUT2D eigenvalue weighted by Crippen LogP contribution is 2.29. The summed E-state index contributed by atoms with van der Waals surface area (Å²) in [4.78, 5) is 39.3. The lowest BCUT2D eigenvalue weighted by Crippen LogP contribution is -2.54.